The highest BCUT2D eigenvalue weighted by Crippen LogP contribution is 2.32. The Balaban J connectivity index is 2.04. The zero-order valence-electron chi connectivity index (χ0n) is 9.80. The summed E-state index contributed by atoms with van der Waals surface area (Å²) in [5.41, 5.74) is 6.50. The fourth-order valence-electron chi connectivity index (χ4n) is 2.24. The number of thioether (sulfide) groups is 1. The van der Waals surface area contributed by atoms with Crippen LogP contribution in [0.25, 0.3) is 0 Å². The van der Waals surface area contributed by atoms with Crippen molar-refractivity contribution < 1.29 is 5.21 Å². The van der Waals surface area contributed by atoms with Gasteiger partial charge in [-0.15, -0.1) is 11.8 Å². The fourth-order valence-corrected chi connectivity index (χ4v) is 3.49. The van der Waals surface area contributed by atoms with Crippen molar-refractivity contribution in [3.63, 3.8) is 0 Å². The number of nitrogens with zero attached hydrogens (tertiary/aromatic N) is 1. The van der Waals surface area contributed by atoms with E-state index < -0.39 is 0 Å². The van der Waals surface area contributed by atoms with Crippen LogP contribution in [0.2, 0.25) is 0 Å². The lowest BCUT2D eigenvalue weighted by Gasteiger charge is -2.11. The molecule has 0 unspecified atom stereocenters. The van der Waals surface area contributed by atoms with Gasteiger partial charge in [0, 0.05) is 16.2 Å². The van der Waals surface area contributed by atoms with Crippen LogP contribution in [-0.4, -0.2) is 16.8 Å². The molecule has 0 radical (unpaired) electrons. The van der Waals surface area contributed by atoms with Gasteiger partial charge in [0.15, 0.2) is 5.84 Å². The van der Waals surface area contributed by atoms with Gasteiger partial charge < -0.3 is 10.9 Å². The molecule has 17 heavy (non-hydrogen) atoms. The Bertz CT molecular complexity index is 400. The van der Waals surface area contributed by atoms with Gasteiger partial charge in [-0.05, 0) is 24.8 Å². The number of benzene rings is 1. The Kier molecular flexibility index (Phi) is 4.31. The van der Waals surface area contributed by atoms with Crippen LogP contribution in [0.3, 0.4) is 0 Å². The van der Waals surface area contributed by atoms with Gasteiger partial charge in [-0.3, -0.25) is 0 Å². The Morgan fingerprint density at radius 3 is 2.76 bits per heavy atom. The summed E-state index contributed by atoms with van der Waals surface area (Å²) >= 11 is 1.82. The highest BCUT2D eigenvalue weighted by molar-refractivity contribution is 7.99. The van der Waals surface area contributed by atoms with E-state index in [4.69, 9.17) is 10.9 Å². The third-order valence-corrected chi connectivity index (χ3v) is 4.53. The van der Waals surface area contributed by atoms with E-state index in [-0.39, 0.29) is 5.84 Å². The van der Waals surface area contributed by atoms with Crippen LogP contribution >= 0.6 is 11.8 Å². The summed E-state index contributed by atoms with van der Waals surface area (Å²) in [5, 5.41) is 11.8. The topological polar surface area (TPSA) is 58.6 Å². The quantitative estimate of drug-likeness (QED) is 0.284. The summed E-state index contributed by atoms with van der Waals surface area (Å²) in [6, 6.07) is 7.83. The minimum Gasteiger partial charge on any atom is -0.409 e. The molecule has 1 saturated carbocycles. The predicted octanol–water partition coefficient (Wildman–Crippen LogP) is 3.06. The summed E-state index contributed by atoms with van der Waals surface area (Å²) in [4.78, 5) is 1.11. The number of hydrogen-bond donors (Lipinski definition) is 2. The standard InChI is InChI=1S/C13H18N2OS/c14-13(15-16)11-7-3-4-8-12(11)17-9-10-5-1-2-6-10/h3-4,7-8,10,16H,1-2,5-6,9H2,(H2,14,15). The molecule has 2 rings (SSSR count). The van der Waals surface area contributed by atoms with Gasteiger partial charge in [0.25, 0.3) is 0 Å². The molecule has 4 heteroatoms. The predicted molar refractivity (Wildman–Crippen MR) is 71.6 cm³/mol. The lowest BCUT2D eigenvalue weighted by Crippen LogP contribution is -2.14. The molecule has 0 amide bonds. The molecule has 92 valence electrons. The molecule has 0 atom stereocenters. The maximum atomic E-state index is 8.75. The third kappa shape index (κ3) is 3.16. The van der Waals surface area contributed by atoms with Crippen molar-refractivity contribution in [2.45, 2.75) is 30.6 Å². The van der Waals surface area contributed by atoms with Crippen molar-refractivity contribution in [2.24, 2.45) is 16.8 Å². The van der Waals surface area contributed by atoms with Gasteiger partial charge in [0.2, 0.25) is 0 Å². The van der Waals surface area contributed by atoms with E-state index in [9.17, 15) is 0 Å². The number of nitrogens with two attached hydrogens (primary N) is 1. The summed E-state index contributed by atoms with van der Waals surface area (Å²) in [5.74, 6) is 2.16. The molecule has 1 aromatic carbocycles. The number of hydrogen-bond acceptors (Lipinski definition) is 3. The second kappa shape index (κ2) is 5.96. The highest BCUT2D eigenvalue weighted by Gasteiger charge is 2.16. The molecule has 0 heterocycles. The van der Waals surface area contributed by atoms with E-state index in [0.717, 1.165) is 22.1 Å². The van der Waals surface area contributed by atoms with E-state index in [0.29, 0.717) is 0 Å². The molecule has 3 N–H and O–H groups in total. The summed E-state index contributed by atoms with van der Waals surface area (Å²) in [6.45, 7) is 0. The lowest BCUT2D eigenvalue weighted by molar-refractivity contribution is 0.318. The Labute approximate surface area is 106 Å². The third-order valence-electron chi connectivity index (χ3n) is 3.22. The van der Waals surface area contributed by atoms with E-state index in [1.54, 1.807) is 0 Å². The van der Waals surface area contributed by atoms with E-state index in [2.05, 4.69) is 5.16 Å². The average Bonchev–Trinajstić information content (AvgIpc) is 2.89. The Morgan fingerprint density at radius 1 is 1.35 bits per heavy atom. The summed E-state index contributed by atoms with van der Waals surface area (Å²) < 4.78 is 0. The van der Waals surface area contributed by atoms with Crippen molar-refractivity contribution in [3.8, 4) is 0 Å². The van der Waals surface area contributed by atoms with Crippen molar-refractivity contribution in [3.05, 3.63) is 29.8 Å². The summed E-state index contributed by atoms with van der Waals surface area (Å²) in [6.07, 6.45) is 5.43. The van der Waals surface area contributed by atoms with Crippen molar-refractivity contribution >= 4 is 17.6 Å². The van der Waals surface area contributed by atoms with Crippen LogP contribution in [0.4, 0.5) is 0 Å². The average molecular weight is 250 g/mol. The van der Waals surface area contributed by atoms with Gasteiger partial charge in [-0.25, -0.2) is 0 Å². The van der Waals surface area contributed by atoms with Crippen LogP contribution < -0.4 is 5.73 Å². The molecule has 0 aliphatic heterocycles. The van der Waals surface area contributed by atoms with Crippen molar-refractivity contribution in [1.29, 1.82) is 0 Å². The normalized spacial score (nSPS) is 17.5. The molecular weight excluding hydrogens is 232 g/mol. The monoisotopic (exact) mass is 250 g/mol. The van der Waals surface area contributed by atoms with Gasteiger partial charge in [-0.1, -0.05) is 36.2 Å². The van der Waals surface area contributed by atoms with Crippen molar-refractivity contribution in [2.75, 3.05) is 5.75 Å². The molecule has 1 aliphatic carbocycles. The van der Waals surface area contributed by atoms with Gasteiger partial charge in [0.1, 0.15) is 0 Å². The van der Waals surface area contributed by atoms with Gasteiger partial charge >= 0.3 is 0 Å². The maximum Gasteiger partial charge on any atom is 0.171 e. The zero-order valence-corrected chi connectivity index (χ0v) is 10.6. The van der Waals surface area contributed by atoms with E-state index in [1.165, 1.54) is 25.7 Å². The molecule has 3 nitrogen and oxygen atoms in total. The highest BCUT2D eigenvalue weighted by atomic mass is 32.2. The Hall–Kier alpha value is -1.16. The van der Waals surface area contributed by atoms with Crippen LogP contribution in [0.1, 0.15) is 31.2 Å². The second-order valence-corrected chi connectivity index (χ2v) is 5.50. The fraction of sp³-hybridized carbons (Fsp3) is 0.462. The molecule has 1 aromatic rings. The van der Waals surface area contributed by atoms with Gasteiger partial charge in [-0.2, -0.15) is 0 Å². The molecule has 0 spiro atoms. The first kappa shape index (κ1) is 12.3. The smallest absolute Gasteiger partial charge is 0.171 e. The second-order valence-electron chi connectivity index (χ2n) is 4.44. The largest absolute Gasteiger partial charge is 0.409 e. The maximum absolute atomic E-state index is 8.75. The SMILES string of the molecule is NC(=NO)c1ccccc1SCC1CCCC1. The van der Waals surface area contributed by atoms with Gasteiger partial charge in [0.05, 0.1) is 0 Å². The molecular formula is C13H18N2OS. The van der Waals surface area contributed by atoms with E-state index in [1.807, 2.05) is 36.0 Å². The van der Waals surface area contributed by atoms with Crippen LogP contribution in [0, 0.1) is 5.92 Å². The van der Waals surface area contributed by atoms with Crippen LogP contribution in [0.5, 0.6) is 0 Å². The zero-order chi connectivity index (χ0) is 12.1. The molecule has 0 aromatic heterocycles. The number of oxime groups is 1. The molecule has 1 aliphatic rings. The molecule has 0 saturated heterocycles. The summed E-state index contributed by atoms with van der Waals surface area (Å²) in [7, 11) is 0. The van der Waals surface area contributed by atoms with Crippen LogP contribution in [0.15, 0.2) is 34.3 Å². The minimum absolute atomic E-state index is 0.194. The van der Waals surface area contributed by atoms with Crippen LogP contribution in [-0.2, 0) is 0 Å². The number of rotatable bonds is 4. The first-order valence-electron chi connectivity index (χ1n) is 6.01. The first-order valence-corrected chi connectivity index (χ1v) is 6.99. The minimum atomic E-state index is 0.194. The Morgan fingerprint density at radius 2 is 2.06 bits per heavy atom. The van der Waals surface area contributed by atoms with Crippen molar-refractivity contribution in [1.82, 2.24) is 0 Å². The molecule has 0 bridgehead atoms. The number of amidine groups is 1. The lowest BCUT2D eigenvalue weighted by atomic mass is 10.1. The molecule has 1 fully saturated rings. The van der Waals surface area contributed by atoms with E-state index >= 15 is 0 Å². The first-order chi connectivity index (χ1) is 8.31.